The first-order valence-corrected chi connectivity index (χ1v) is 9.76. The van der Waals surface area contributed by atoms with Gasteiger partial charge in [0, 0.05) is 25.2 Å². The lowest BCUT2D eigenvalue weighted by atomic mass is 10.2. The number of carbonyl (C=O) groups is 1. The van der Waals surface area contributed by atoms with Gasteiger partial charge in [0.1, 0.15) is 12.4 Å². The Bertz CT molecular complexity index is 732. The minimum absolute atomic E-state index is 0.0348. The summed E-state index contributed by atoms with van der Waals surface area (Å²) in [4.78, 5) is 11.9. The summed E-state index contributed by atoms with van der Waals surface area (Å²) in [6.45, 7) is 1.64. The van der Waals surface area contributed by atoms with E-state index in [-0.39, 0.29) is 24.4 Å². The number of amides is 1. The Hall–Kier alpha value is -1.77. The van der Waals surface area contributed by atoms with Crippen molar-refractivity contribution in [2.75, 3.05) is 18.9 Å². The van der Waals surface area contributed by atoms with Crippen molar-refractivity contribution in [1.29, 1.82) is 0 Å². The van der Waals surface area contributed by atoms with E-state index in [1.165, 1.54) is 11.8 Å². The van der Waals surface area contributed by atoms with Gasteiger partial charge >= 0.3 is 0 Å². The number of nitrogens with one attached hydrogen (secondary N) is 1. The van der Waals surface area contributed by atoms with E-state index < -0.39 is 0 Å². The summed E-state index contributed by atoms with van der Waals surface area (Å²) >= 11 is 7.20. The van der Waals surface area contributed by atoms with Crippen molar-refractivity contribution >= 4 is 29.3 Å². The molecule has 1 fully saturated rings. The Morgan fingerprint density at radius 1 is 1.42 bits per heavy atom. The van der Waals surface area contributed by atoms with Gasteiger partial charge in [-0.2, -0.15) is 0 Å². The van der Waals surface area contributed by atoms with Crippen molar-refractivity contribution in [3.63, 3.8) is 0 Å². The molecule has 2 aromatic rings. The predicted octanol–water partition coefficient (Wildman–Crippen LogP) is 2.43. The van der Waals surface area contributed by atoms with Crippen molar-refractivity contribution in [3.05, 3.63) is 35.1 Å². The highest BCUT2D eigenvalue weighted by molar-refractivity contribution is 7.99. The smallest absolute Gasteiger partial charge is 0.230 e. The molecule has 140 valence electrons. The second-order valence-electron chi connectivity index (χ2n) is 5.93. The lowest BCUT2D eigenvalue weighted by Crippen LogP contribution is -2.32. The van der Waals surface area contributed by atoms with Crippen molar-refractivity contribution in [3.8, 4) is 5.75 Å². The second-order valence-corrected chi connectivity index (χ2v) is 7.31. The SMILES string of the molecule is Cn1c(COc2ccc(Cl)cc2)nnc1SCC(=O)NCC1CCCO1. The Labute approximate surface area is 161 Å². The third-order valence-corrected chi connectivity index (χ3v) is 5.26. The molecule has 0 spiro atoms. The molecule has 1 aromatic carbocycles. The molecular formula is C17H21ClN4O3S. The molecule has 7 nitrogen and oxygen atoms in total. The highest BCUT2D eigenvalue weighted by Crippen LogP contribution is 2.19. The molecule has 3 rings (SSSR count). The zero-order chi connectivity index (χ0) is 18.4. The number of aromatic nitrogens is 3. The number of rotatable bonds is 8. The number of halogens is 1. The Morgan fingerprint density at radius 3 is 2.96 bits per heavy atom. The summed E-state index contributed by atoms with van der Waals surface area (Å²) in [7, 11) is 1.85. The highest BCUT2D eigenvalue weighted by atomic mass is 35.5. The number of thioether (sulfide) groups is 1. The molecule has 0 aliphatic carbocycles. The number of carbonyl (C=O) groups excluding carboxylic acids is 1. The lowest BCUT2D eigenvalue weighted by Gasteiger charge is -2.10. The summed E-state index contributed by atoms with van der Waals surface area (Å²) in [5.41, 5.74) is 0. The summed E-state index contributed by atoms with van der Waals surface area (Å²) in [5, 5.41) is 12.5. The van der Waals surface area contributed by atoms with Gasteiger partial charge in [0.15, 0.2) is 11.0 Å². The van der Waals surface area contributed by atoms with Crippen LogP contribution in [-0.2, 0) is 23.2 Å². The number of ether oxygens (including phenoxy) is 2. The minimum Gasteiger partial charge on any atom is -0.486 e. The van der Waals surface area contributed by atoms with E-state index in [1.807, 2.05) is 11.6 Å². The summed E-state index contributed by atoms with van der Waals surface area (Å²) in [6.07, 6.45) is 2.22. The quantitative estimate of drug-likeness (QED) is 0.690. The van der Waals surface area contributed by atoms with Crippen LogP contribution in [0.5, 0.6) is 5.75 Å². The fourth-order valence-electron chi connectivity index (χ4n) is 2.49. The first-order chi connectivity index (χ1) is 12.6. The van der Waals surface area contributed by atoms with E-state index in [1.54, 1.807) is 24.3 Å². The van der Waals surface area contributed by atoms with Crippen LogP contribution in [0.4, 0.5) is 0 Å². The standard InChI is InChI=1S/C17H21ClN4O3S/c1-22-15(10-25-13-6-4-12(18)5-7-13)20-21-17(22)26-11-16(23)19-9-14-3-2-8-24-14/h4-7,14H,2-3,8-11H2,1H3,(H,19,23). The van der Waals surface area contributed by atoms with E-state index in [4.69, 9.17) is 21.1 Å². The molecule has 1 aliphatic heterocycles. The van der Waals surface area contributed by atoms with Crippen LogP contribution in [0.15, 0.2) is 29.4 Å². The molecule has 1 aromatic heterocycles. The van der Waals surface area contributed by atoms with E-state index in [0.717, 1.165) is 19.4 Å². The van der Waals surface area contributed by atoms with Gasteiger partial charge in [0.25, 0.3) is 0 Å². The maximum Gasteiger partial charge on any atom is 0.230 e. The van der Waals surface area contributed by atoms with Crippen LogP contribution in [-0.4, -0.2) is 45.7 Å². The van der Waals surface area contributed by atoms with E-state index in [2.05, 4.69) is 15.5 Å². The minimum atomic E-state index is -0.0348. The van der Waals surface area contributed by atoms with Gasteiger partial charge in [-0.15, -0.1) is 10.2 Å². The van der Waals surface area contributed by atoms with Gasteiger partial charge in [-0.05, 0) is 37.1 Å². The molecule has 1 saturated heterocycles. The van der Waals surface area contributed by atoms with Crippen molar-refractivity contribution in [1.82, 2.24) is 20.1 Å². The lowest BCUT2D eigenvalue weighted by molar-refractivity contribution is -0.119. The molecule has 0 bridgehead atoms. The highest BCUT2D eigenvalue weighted by Gasteiger charge is 2.17. The summed E-state index contributed by atoms with van der Waals surface area (Å²) in [5.74, 6) is 1.64. The van der Waals surface area contributed by atoms with Gasteiger partial charge in [-0.3, -0.25) is 4.79 Å². The van der Waals surface area contributed by atoms with E-state index >= 15 is 0 Å². The molecular weight excluding hydrogens is 376 g/mol. The average Bonchev–Trinajstić information content (AvgIpc) is 3.28. The van der Waals surface area contributed by atoms with Crippen LogP contribution in [0.1, 0.15) is 18.7 Å². The third kappa shape index (κ3) is 5.36. The molecule has 1 amide bonds. The van der Waals surface area contributed by atoms with Crippen molar-refractivity contribution < 1.29 is 14.3 Å². The van der Waals surface area contributed by atoms with E-state index in [0.29, 0.717) is 28.3 Å². The zero-order valence-corrected chi connectivity index (χ0v) is 16.1. The Kier molecular flexibility index (Phi) is 6.76. The monoisotopic (exact) mass is 396 g/mol. The van der Waals surface area contributed by atoms with Crippen molar-refractivity contribution in [2.45, 2.75) is 30.7 Å². The number of benzene rings is 1. The van der Waals surface area contributed by atoms with Crippen LogP contribution >= 0.6 is 23.4 Å². The van der Waals surface area contributed by atoms with Crippen molar-refractivity contribution in [2.24, 2.45) is 7.05 Å². The molecule has 1 aliphatic rings. The first-order valence-electron chi connectivity index (χ1n) is 8.39. The van der Waals surface area contributed by atoms with Gasteiger partial charge in [-0.1, -0.05) is 23.4 Å². The molecule has 0 radical (unpaired) electrons. The third-order valence-electron chi connectivity index (χ3n) is 3.99. The van der Waals surface area contributed by atoms with Gasteiger partial charge in [0.2, 0.25) is 5.91 Å². The number of hydrogen-bond acceptors (Lipinski definition) is 6. The second kappa shape index (κ2) is 9.25. The van der Waals surface area contributed by atoms with Gasteiger partial charge in [0.05, 0.1) is 11.9 Å². The first kappa shape index (κ1) is 19.0. The average molecular weight is 397 g/mol. The van der Waals surface area contributed by atoms with Crippen LogP contribution in [0.25, 0.3) is 0 Å². The topological polar surface area (TPSA) is 78.3 Å². The summed E-state index contributed by atoms with van der Waals surface area (Å²) in [6, 6.07) is 7.13. The molecule has 0 saturated carbocycles. The number of nitrogens with zero attached hydrogens (tertiary/aromatic N) is 3. The zero-order valence-electron chi connectivity index (χ0n) is 14.5. The Morgan fingerprint density at radius 2 is 2.23 bits per heavy atom. The van der Waals surface area contributed by atoms with Gasteiger partial charge in [-0.25, -0.2) is 0 Å². The van der Waals surface area contributed by atoms with E-state index in [9.17, 15) is 4.79 Å². The molecule has 1 atom stereocenters. The Balaban J connectivity index is 1.44. The maximum atomic E-state index is 11.9. The van der Waals surface area contributed by atoms with Crippen LogP contribution < -0.4 is 10.1 Å². The van der Waals surface area contributed by atoms with Crippen LogP contribution in [0.2, 0.25) is 5.02 Å². The molecule has 2 heterocycles. The molecule has 26 heavy (non-hydrogen) atoms. The largest absolute Gasteiger partial charge is 0.486 e. The van der Waals surface area contributed by atoms with Gasteiger partial charge < -0.3 is 19.4 Å². The number of hydrogen-bond donors (Lipinski definition) is 1. The predicted molar refractivity (Wildman–Crippen MR) is 99.5 cm³/mol. The molecule has 1 N–H and O–H groups in total. The molecule has 1 unspecified atom stereocenters. The fourth-order valence-corrected chi connectivity index (χ4v) is 3.38. The maximum absolute atomic E-state index is 11.9. The van der Waals surface area contributed by atoms with Crippen LogP contribution in [0.3, 0.4) is 0 Å². The summed E-state index contributed by atoms with van der Waals surface area (Å²) < 4.78 is 13.0. The normalized spacial score (nSPS) is 16.6. The molecule has 9 heteroatoms. The van der Waals surface area contributed by atoms with Crippen LogP contribution in [0, 0.1) is 0 Å². The fraction of sp³-hybridized carbons (Fsp3) is 0.471.